The Labute approximate surface area is 148 Å². The van der Waals surface area contributed by atoms with Crippen molar-refractivity contribution in [3.8, 4) is 0 Å². The van der Waals surface area contributed by atoms with Crippen LogP contribution < -0.4 is 0 Å². The van der Waals surface area contributed by atoms with Crippen LogP contribution in [0, 0.1) is 0 Å². The fourth-order valence-corrected chi connectivity index (χ4v) is 2.57. The molecule has 140 valence electrons. The molecule has 0 bridgehead atoms. The van der Waals surface area contributed by atoms with Crippen LogP contribution >= 0.6 is 11.6 Å². The van der Waals surface area contributed by atoms with E-state index in [1.807, 2.05) is 0 Å². The van der Waals surface area contributed by atoms with E-state index in [9.17, 15) is 18.4 Å². The van der Waals surface area contributed by atoms with Crippen molar-refractivity contribution in [1.82, 2.24) is 19.9 Å². The van der Waals surface area contributed by atoms with Crippen LogP contribution in [-0.2, 0) is 9.47 Å². The van der Waals surface area contributed by atoms with Gasteiger partial charge in [-0.2, -0.15) is 0 Å². The van der Waals surface area contributed by atoms with Crippen molar-refractivity contribution in [2.45, 2.75) is 45.3 Å². The van der Waals surface area contributed by atoms with Crippen molar-refractivity contribution >= 4 is 23.7 Å². The van der Waals surface area contributed by atoms with Gasteiger partial charge in [-0.05, 0) is 27.2 Å². The van der Waals surface area contributed by atoms with Crippen molar-refractivity contribution in [3.05, 3.63) is 11.4 Å². The Morgan fingerprint density at radius 3 is 2.64 bits per heavy atom. The lowest BCUT2D eigenvalue weighted by Crippen LogP contribution is -2.35. The minimum absolute atomic E-state index is 0.127. The number of alkyl halides is 3. The number of hydrogen-bond acceptors (Lipinski definition) is 6. The zero-order valence-corrected chi connectivity index (χ0v) is 14.8. The highest BCUT2D eigenvalue weighted by Gasteiger charge is 2.36. The number of aromatic nitrogens is 3. The van der Waals surface area contributed by atoms with Gasteiger partial charge in [-0.25, -0.2) is 23.1 Å². The summed E-state index contributed by atoms with van der Waals surface area (Å²) in [5.41, 5.74) is -1.88. The monoisotopic (exact) mass is 380 g/mol. The van der Waals surface area contributed by atoms with E-state index in [4.69, 9.17) is 16.3 Å². The lowest BCUT2D eigenvalue weighted by Gasteiger charge is -2.24. The van der Waals surface area contributed by atoms with Gasteiger partial charge in [-0.1, -0.05) is 16.8 Å². The maximum absolute atomic E-state index is 13.4. The van der Waals surface area contributed by atoms with Crippen molar-refractivity contribution in [2.24, 2.45) is 0 Å². The van der Waals surface area contributed by atoms with Crippen LogP contribution in [0.4, 0.5) is 13.6 Å². The van der Waals surface area contributed by atoms with Gasteiger partial charge in [0.05, 0.1) is 6.04 Å². The molecule has 1 aromatic rings. The SMILES string of the molecule is CC(C)(C)OC(=O)N1CCC(n2nnc(C(=O)OCCl)c2C(F)F)C1. The molecular weight excluding hydrogens is 362 g/mol. The minimum Gasteiger partial charge on any atom is -0.445 e. The van der Waals surface area contributed by atoms with Crippen molar-refractivity contribution in [2.75, 3.05) is 19.2 Å². The Morgan fingerprint density at radius 1 is 1.40 bits per heavy atom. The van der Waals surface area contributed by atoms with E-state index in [2.05, 4.69) is 15.0 Å². The van der Waals surface area contributed by atoms with Crippen LogP contribution in [0.15, 0.2) is 0 Å². The van der Waals surface area contributed by atoms with Gasteiger partial charge in [0.1, 0.15) is 11.3 Å². The maximum atomic E-state index is 13.4. The molecule has 0 aliphatic carbocycles. The summed E-state index contributed by atoms with van der Waals surface area (Å²) in [6, 6.07) is -1.02. The molecule has 0 N–H and O–H groups in total. The molecule has 0 spiro atoms. The van der Waals surface area contributed by atoms with E-state index in [0.717, 1.165) is 4.68 Å². The van der Waals surface area contributed by atoms with Gasteiger partial charge >= 0.3 is 12.1 Å². The Kier molecular flexibility index (Phi) is 5.81. The Morgan fingerprint density at radius 2 is 2.08 bits per heavy atom. The van der Waals surface area contributed by atoms with Crippen molar-refractivity contribution in [1.29, 1.82) is 0 Å². The second kappa shape index (κ2) is 7.51. The molecule has 0 saturated carbocycles. The van der Waals surface area contributed by atoms with Crippen LogP contribution in [0.2, 0.25) is 0 Å². The molecular formula is C14H19ClF2N4O4. The fourth-order valence-electron chi connectivity index (χ4n) is 2.47. The summed E-state index contributed by atoms with van der Waals surface area (Å²) in [6.07, 6.45) is -3.13. The predicted octanol–water partition coefficient (Wildman–Crippen LogP) is 2.75. The molecule has 1 saturated heterocycles. The van der Waals surface area contributed by atoms with E-state index in [1.165, 1.54) is 4.90 Å². The highest BCUT2D eigenvalue weighted by molar-refractivity contribution is 6.17. The van der Waals surface area contributed by atoms with E-state index in [1.54, 1.807) is 20.8 Å². The molecule has 2 heterocycles. The number of amides is 1. The largest absolute Gasteiger partial charge is 0.445 e. The molecule has 1 amide bonds. The van der Waals surface area contributed by atoms with E-state index >= 15 is 0 Å². The second-order valence-electron chi connectivity index (χ2n) is 6.48. The van der Waals surface area contributed by atoms with E-state index < -0.39 is 47.6 Å². The third kappa shape index (κ3) is 4.56. The molecule has 8 nitrogen and oxygen atoms in total. The van der Waals surface area contributed by atoms with E-state index in [-0.39, 0.29) is 6.54 Å². The zero-order valence-electron chi connectivity index (χ0n) is 14.0. The van der Waals surface area contributed by atoms with Gasteiger partial charge in [-0.3, -0.25) is 0 Å². The normalized spacial score (nSPS) is 17.9. The van der Waals surface area contributed by atoms with Crippen molar-refractivity contribution in [3.63, 3.8) is 0 Å². The van der Waals surface area contributed by atoms with Gasteiger partial charge in [-0.15, -0.1) is 5.10 Å². The maximum Gasteiger partial charge on any atom is 0.410 e. The van der Waals surface area contributed by atoms with Crippen LogP contribution in [0.25, 0.3) is 0 Å². The lowest BCUT2D eigenvalue weighted by atomic mass is 10.2. The van der Waals surface area contributed by atoms with Gasteiger partial charge in [0.25, 0.3) is 6.43 Å². The molecule has 1 aliphatic heterocycles. The summed E-state index contributed by atoms with van der Waals surface area (Å²) >= 11 is 5.28. The number of likely N-dealkylation sites (tertiary alicyclic amines) is 1. The molecule has 0 aromatic carbocycles. The van der Waals surface area contributed by atoms with Gasteiger partial charge in [0, 0.05) is 13.1 Å². The summed E-state index contributed by atoms with van der Waals surface area (Å²) < 4.78 is 37.6. The number of carbonyl (C=O) groups is 2. The molecule has 1 fully saturated rings. The lowest BCUT2D eigenvalue weighted by molar-refractivity contribution is 0.0287. The van der Waals surface area contributed by atoms with E-state index in [0.29, 0.717) is 13.0 Å². The first-order valence-electron chi connectivity index (χ1n) is 7.58. The highest BCUT2D eigenvalue weighted by atomic mass is 35.5. The summed E-state index contributed by atoms with van der Waals surface area (Å²) in [4.78, 5) is 25.2. The molecule has 25 heavy (non-hydrogen) atoms. The molecule has 2 rings (SSSR count). The standard InChI is InChI=1S/C14H19ClF2N4O4/c1-14(2,3)25-13(23)20-5-4-8(6-20)21-10(11(16)17)9(18-19-21)12(22)24-7-15/h8,11H,4-7H2,1-3H3. The number of carbonyl (C=O) groups excluding carboxylic acids is 2. The average Bonchev–Trinajstić information content (AvgIpc) is 3.12. The molecule has 1 atom stereocenters. The number of nitrogens with zero attached hydrogens (tertiary/aromatic N) is 4. The molecule has 1 aromatic heterocycles. The quantitative estimate of drug-likeness (QED) is 0.589. The Hall–Kier alpha value is -1.97. The molecule has 0 radical (unpaired) electrons. The topological polar surface area (TPSA) is 86.5 Å². The number of halogens is 3. The number of hydrogen-bond donors (Lipinski definition) is 0. The van der Waals surface area contributed by atoms with Crippen LogP contribution in [-0.4, -0.2) is 56.7 Å². The third-order valence-electron chi connectivity index (χ3n) is 3.48. The van der Waals surface area contributed by atoms with Gasteiger partial charge in [0.15, 0.2) is 11.8 Å². The summed E-state index contributed by atoms with van der Waals surface area (Å²) in [5, 5.41) is 7.15. The second-order valence-corrected chi connectivity index (χ2v) is 6.70. The minimum atomic E-state index is -2.98. The molecule has 11 heteroatoms. The molecule has 1 aliphatic rings. The summed E-state index contributed by atoms with van der Waals surface area (Å²) in [6.45, 7) is 5.66. The number of rotatable bonds is 4. The smallest absolute Gasteiger partial charge is 0.410 e. The Balaban J connectivity index is 2.17. The first-order chi connectivity index (χ1) is 11.6. The molecule has 1 unspecified atom stereocenters. The highest BCUT2D eigenvalue weighted by Crippen LogP contribution is 2.29. The third-order valence-corrected chi connectivity index (χ3v) is 3.59. The average molecular weight is 381 g/mol. The van der Waals surface area contributed by atoms with Crippen LogP contribution in [0.3, 0.4) is 0 Å². The predicted molar refractivity (Wildman–Crippen MR) is 82.6 cm³/mol. The van der Waals surface area contributed by atoms with Gasteiger partial charge in [0.2, 0.25) is 0 Å². The number of esters is 1. The van der Waals surface area contributed by atoms with Crippen LogP contribution in [0.1, 0.15) is 55.8 Å². The zero-order chi connectivity index (χ0) is 18.8. The van der Waals surface area contributed by atoms with Gasteiger partial charge < -0.3 is 14.4 Å². The summed E-state index contributed by atoms with van der Waals surface area (Å²) in [7, 11) is 0. The number of ether oxygens (including phenoxy) is 2. The Bertz CT molecular complexity index is 647. The fraction of sp³-hybridized carbons (Fsp3) is 0.714. The first kappa shape index (κ1) is 19.4. The van der Waals surface area contributed by atoms with Crippen LogP contribution in [0.5, 0.6) is 0 Å². The first-order valence-corrected chi connectivity index (χ1v) is 8.11. The summed E-state index contributed by atoms with van der Waals surface area (Å²) in [5.74, 6) is -1.07. The van der Waals surface area contributed by atoms with Crippen molar-refractivity contribution < 1.29 is 27.8 Å².